The van der Waals surface area contributed by atoms with Gasteiger partial charge in [-0.05, 0) is 22.6 Å². The van der Waals surface area contributed by atoms with Crippen LogP contribution in [-0.4, -0.2) is 60.0 Å². The average molecular weight is 435 g/mol. The molecule has 1 amide bonds. The molecule has 0 saturated heterocycles. The van der Waals surface area contributed by atoms with Crippen molar-refractivity contribution in [1.29, 1.82) is 0 Å². The van der Waals surface area contributed by atoms with Gasteiger partial charge in [0.05, 0.1) is 30.2 Å². The lowest BCUT2D eigenvalue weighted by atomic mass is 10.1. The van der Waals surface area contributed by atoms with E-state index >= 15 is 0 Å². The predicted octanol–water partition coefficient (Wildman–Crippen LogP) is 1.26. The fourth-order valence-corrected chi connectivity index (χ4v) is 3.07. The van der Waals surface area contributed by atoms with Crippen LogP contribution in [0.5, 0.6) is 5.75 Å². The van der Waals surface area contributed by atoms with E-state index in [1.54, 1.807) is 44.3 Å². The minimum absolute atomic E-state index is 0.261. The van der Waals surface area contributed by atoms with Crippen LogP contribution in [0.2, 0.25) is 0 Å². The number of nitrogens with one attached hydrogen (secondary N) is 3. The third-order valence-corrected chi connectivity index (χ3v) is 4.55. The summed E-state index contributed by atoms with van der Waals surface area (Å²) in [6.45, 7) is 0. The molecule has 4 aromatic rings. The van der Waals surface area contributed by atoms with E-state index in [1.165, 1.54) is 17.9 Å². The zero-order valence-electron chi connectivity index (χ0n) is 17.9. The quantitative estimate of drug-likeness (QED) is 0.387. The van der Waals surface area contributed by atoms with Gasteiger partial charge in [-0.3, -0.25) is 9.48 Å². The summed E-state index contributed by atoms with van der Waals surface area (Å²) in [4.78, 5) is 21.2. The maximum atomic E-state index is 12.4. The number of para-hydroxylation sites is 1. The van der Waals surface area contributed by atoms with Crippen molar-refractivity contribution in [3.05, 3.63) is 42.4 Å². The van der Waals surface area contributed by atoms with Gasteiger partial charge in [-0.1, -0.05) is 6.07 Å². The fourth-order valence-electron chi connectivity index (χ4n) is 3.07. The third-order valence-electron chi connectivity index (χ3n) is 4.55. The lowest BCUT2D eigenvalue weighted by Gasteiger charge is -2.16. The van der Waals surface area contributed by atoms with E-state index in [-0.39, 0.29) is 17.3 Å². The first kappa shape index (κ1) is 20.7. The van der Waals surface area contributed by atoms with Gasteiger partial charge in [-0.2, -0.15) is 10.1 Å². The van der Waals surface area contributed by atoms with Crippen LogP contribution < -0.4 is 20.7 Å². The Balaban J connectivity index is 1.74. The second-order valence-electron chi connectivity index (χ2n) is 6.70. The summed E-state index contributed by atoms with van der Waals surface area (Å²) < 4.78 is 8.83. The maximum Gasteiger partial charge on any atom is 0.256 e. The molecule has 0 aliphatic heterocycles. The smallest absolute Gasteiger partial charge is 0.256 e. The molecule has 3 N–H and O–H groups in total. The highest BCUT2D eigenvalue weighted by atomic mass is 16.5. The normalized spacial score (nSPS) is 10.6. The van der Waals surface area contributed by atoms with E-state index in [2.05, 4.69) is 46.5 Å². The lowest BCUT2D eigenvalue weighted by Crippen LogP contribution is -2.20. The van der Waals surface area contributed by atoms with Crippen LogP contribution in [0, 0.1) is 0 Å². The first-order valence-corrected chi connectivity index (χ1v) is 9.51. The van der Waals surface area contributed by atoms with Gasteiger partial charge in [0.2, 0.25) is 5.95 Å². The standard InChI is InChI=1S/C19H21N11O2/c1-20-18(31)13-9-21-19(23-11-8-22-29(2)10-11)25-16(13)24-14-7-5-6-12(15(14)32-4)17-26-27-28-30(17)3/h5-10H,1-4H3,(H,20,31)(H2,21,23,24,25). The number of carbonyl (C=O) groups is 1. The number of benzene rings is 1. The van der Waals surface area contributed by atoms with Crippen molar-refractivity contribution in [2.75, 3.05) is 24.8 Å². The molecule has 0 spiro atoms. The zero-order valence-corrected chi connectivity index (χ0v) is 17.9. The van der Waals surface area contributed by atoms with Crippen LogP contribution in [-0.2, 0) is 14.1 Å². The van der Waals surface area contributed by atoms with Crippen molar-refractivity contribution in [2.45, 2.75) is 0 Å². The SMILES string of the molecule is CNC(=O)c1cnc(Nc2cnn(C)c2)nc1Nc1cccc(-c2nnnn2C)c1OC. The molecule has 13 heteroatoms. The second-order valence-corrected chi connectivity index (χ2v) is 6.70. The van der Waals surface area contributed by atoms with Crippen molar-refractivity contribution in [1.82, 2.24) is 45.3 Å². The lowest BCUT2D eigenvalue weighted by molar-refractivity contribution is 0.0963. The molecule has 32 heavy (non-hydrogen) atoms. The Morgan fingerprint density at radius 1 is 1.16 bits per heavy atom. The molecule has 164 valence electrons. The van der Waals surface area contributed by atoms with Crippen LogP contribution in [0.15, 0.2) is 36.8 Å². The van der Waals surface area contributed by atoms with E-state index in [9.17, 15) is 4.79 Å². The Kier molecular flexibility index (Phi) is 5.61. The number of methoxy groups -OCH3 is 1. The molecule has 13 nitrogen and oxygen atoms in total. The van der Waals surface area contributed by atoms with Crippen LogP contribution in [0.25, 0.3) is 11.4 Å². The Bertz CT molecular complexity index is 1260. The molecule has 0 aliphatic carbocycles. The van der Waals surface area contributed by atoms with Gasteiger partial charge in [0.25, 0.3) is 5.91 Å². The molecule has 0 aliphatic rings. The van der Waals surface area contributed by atoms with Crippen molar-refractivity contribution in [3.8, 4) is 17.1 Å². The first-order chi connectivity index (χ1) is 15.5. The van der Waals surface area contributed by atoms with Crippen LogP contribution in [0.1, 0.15) is 10.4 Å². The number of ether oxygens (including phenoxy) is 1. The van der Waals surface area contributed by atoms with Crippen LogP contribution >= 0.6 is 0 Å². The largest absolute Gasteiger partial charge is 0.494 e. The number of aryl methyl sites for hydroxylation is 2. The van der Waals surface area contributed by atoms with E-state index in [0.717, 1.165) is 0 Å². The molecular weight excluding hydrogens is 414 g/mol. The van der Waals surface area contributed by atoms with Gasteiger partial charge < -0.3 is 20.7 Å². The molecule has 3 aromatic heterocycles. The van der Waals surface area contributed by atoms with Crippen LogP contribution in [0.3, 0.4) is 0 Å². The summed E-state index contributed by atoms with van der Waals surface area (Å²) in [6, 6.07) is 5.46. The minimum atomic E-state index is -0.340. The molecule has 0 atom stereocenters. The summed E-state index contributed by atoms with van der Waals surface area (Å²) >= 11 is 0. The minimum Gasteiger partial charge on any atom is -0.494 e. The molecule has 3 heterocycles. The number of hydrogen-bond donors (Lipinski definition) is 3. The van der Waals surface area contributed by atoms with Crippen molar-refractivity contribution >= 4 is 29.0 Å². The molecule has 4 rings (SSSR count). The van der Waals surface area contributed by atoms with Gasteiger partial charge in [0.15, 0.2) is 11.6 Å². The van der Waals surface area contributed by atoms with Crippen molar-refractivity contribution < 1.29 is 9.53 Å². The van der Waals surface area contributed by atoms with Gasteiger partial charge in [-0.15, -0.1) is 5.10 Å². The van der Waals surface area contributed by atoms with E-state index in [0.29, 0.717) is 34.5 Å². The molecular formula is C19H21N11O2. The highest BCUT2D eigenvalue weighted by Crippen LogP contribution is 2.37. The highest BCUT2D eigenvalue weighted by Gasteiger charge is 2.19. The summed E-state index contributed by atoms with van der Waals surface area (Å²) in [7, 11) is 6.62. The predicted molar refractivity (Wildman–Crippen MR) is 116 cm³/mol. The zero-order chi connectivity index (χ0) is 22.7. The number of hydrogen-bond acceptors (Lipinski definition) is 10. The Morgan fingerprint density at radius 2 is 2.00 bits per heavy atom. The average Bonchev–Trinajstić information content (AvgIpc) is 3.40. The van der Waals surface area contributed by atoms with Crippen molar-refractivity contribution in [3.63, 3.8) is 0 Å². The third kappa shape index (κ3) is 4.03. The van der Waals surface area contributed by atoms with Crippen LogP contribution in [0.4, 0.5) is 23.1 Å². The summed E-state index contributed by atoms with van der Waals surface area (Å²) in [6.07, 6.45) is 4.87. The molecule has 0 saturated carbocycles. The summed E-state index contributed by atoms with van der Waals surface area (Å²) in [5.41, 5.74) is 2.22. The topological polar surface area (TPSA) is 150 Å². The van der Waals surface area contributed by atoms with Gasteiger partial charge in [0, 0.05) is 33.5 Å². The van der Waals surface area contributed by atoms with Gasteiger partial charge >= 0.3 is 0 Å². The van der Waals surface area contributed by atoms with E-state index < -0.39 is 0 Å². The number of rotatable bonds is 7. The highest BCUT2D eigenvalue weighted by molar-refractivity contribution is 5.99. The summed E-state index contributed by atoms with van der Waals surface area (Å²) in [5.74, 6) is 1.26. The fraction of sp³-hybridized carbons (Fsp3) is 0.211. The summed E-state index contributed by atoms with van der Waals surface area (Å²) in [5, 5.41) is 24.6. The molecule has 0 radical (unpaired) electrons. The number of anilines is 4. The number of tetrazole rings is 1. The first-order valence-electron chi connectivity index (χ1n) is 9.51. The molecule has 1 aromatic carbocycles. The van der Waals surface area contributed by atoms with Gasteiger partial charge in [-0.25, -0.2) is 9.67 Å². The Labute approximate surface area is 182 Å². The molecule has 0 fully saturated rings. The number of nitrogens with zero attached hydrogens (tertiary/aromatic N) is 8. The number of amides is 1. The second kappa shape index (κ2) is 8.67. The monoisotopic (exact) mass is 435 g/mol. The number of aromatic nitrogens is 8. The Morgan fingerprint density at radius 3 is 2.66 bits per heavy atom. The molecule has 0 unspecified atom stereocenters. The number of carbonyl (C=O) groups excluding carboxylic acids is 1. The molecule has 0 bridgehead atoms. The Hall–Kier alpha value is -4.55. The van der Waals surface area contributed by atoms with E-state index in [4.69, 9.17) is 4.74 Å². The maximum absolute atomic E-state index is 12.4. The van der Waals surface area contributed by atoms with E-state index in [1.807, 2.05) is 12.1 Å². The van der Waals surface area contributed by atoms with Crippen molar-refractivity contribution in [2.24, 2.45) is 14.1 Å². The van der Waals surface area contributed by atoms with Gasteiger partial charge in [0.1, 0.15) is 11.4 Å².